The van der Waals surface area contributed by atoms with Crippen molar-refractivity contribution < 1.29 is 26.0 Å². The zero-order valence-corrected chi connectivity index (χ0v) is 19.3. The molecule has 0 saturated carbocycles. The maximum Gasteiger partial charge on any atom is 0.407 e. The second-order valence-corrected chi connectivity index (χ2v) is 10.4. The van der Waals surface area contributed by atoms with Gasteiger partial charge in [-0.25, -0.2) is 17.8 Å². The number of hydrogen-bond acceptors (Lipinski definition) is 4. The number of aryl methyl sites for hydroxylation is 2. The molecule has 6 nitrogen and oxygen atoms in total. The van der Waals surface area contributed by atoms with E-state index in [1.165, 1.54) is 53.5 Å². The highest BCUT2D eigenvalue weighted by Gasteiger charge is 2.47. The molecule has 0 bridgehead atoms. The normalized spacial score (nSPS) is 20.5. The molecule has 0 spiro atoms. The number of alkyl halides is 3. The molecular weight excluding hydrogens is 472 g/mol. The molecule has 0 amide bonds. The van der Waals surface area contributed by atoms with Crippen LogP contribution in [0.15, 0.2) is 66.1 Å². The summed E-state index contributed by atoms with van der Waals surface area (Å²) in [6.45, 7) is 1.44. The van der Waals surface area contributed by atoms with Crippen molar-refractivity contribution in [3.8, 4) is 0 Å². The number of imidazole rings is 1. The van der Waals surface area contributed by atoms with Gasteiger partial charge in [0.05, 0.1) is 6.33 Å². The first kappa shape index (κ1) is 24.4. The number of aromatic nitrogens is 2. The molecule has 1 saturated heterocycles. The minimum atomic E-state index is -4.62. The van der Waals surface area contributed by atoms with E-state index in [0.717, 1.165) is 4.31 Å². The topological polar surface area (TPSA) is 67.2 Å². The Kier molecular flexibility index (Phi) is 6.54. The van der Waals surface area contributed by atoms with E-state index in [1.807, 2.05) is 0 Å². The Morgan fingerprint density at radius 1 is 1.12 bits per heavy atom. The summed E-state index contributed by atoms with van der Waals surface area (Å²) in [6.07, 6.45) is -1.93. The Morgan fingerprint density at radius 2 is 1.82 bits per heavy atom. The molecule has 34 heavy (non-hydrogen) atoms. The van der Waals surface area contributed by atoms with Crippen LogP contribution in [0.2, 0.25) is 0 Å². The quantitative estimate of drug-likeness (QED) is 0.526. The predicted molar refractivity (Wildman–Crippen MR) is 118 cm³/mol. The van der Waals surface area contributed by atoms with Crippen LogP contribution in [0.4, 0.5) is 17.6 Å². The molecule has 3 aromatic rings. The van der Waals surface area contributed by atoms with E-state index in [9.17, 15) is 26.0 Å². The molecule has 1 aromatic heterocycles. The van der Waals surface area contributed by atoms with Gasteiger partial charge in [0.1, 0.15) is 11.9 Å². The maximum atomic E-state index is 14.1. The first-order chi connectivity index (χ1) is 15.9. The summed E-state index contributed by atoms with van der Waals surface area (Å²) < 4.78 is 84.8. The molecule has 3 atom stereocenters. The van der Waals surface area contributed by atoms with E-state index in [2.05, 4.69) is 10.3 Å². The van der Waals surface area contributed by atoms with Gasteiger partial charge in [0.15, 0.2) is 5.03 Å². The Hall–Kier alpha value is -2.76. The standard InChI is InChI=1S/C23H24F4N4O2S/c1-15-4-3-5-17(10-15)22(23(25,26)27)29-20-12-31(34(32,33)21-13-30(2)14-28-21)11-19(20)16-6-8-18(24)9-7-16/h3-10,13-14,19-20,22,29H,11-12H2,1-2H3/t19-,20+,22?/m1/s1. The van der Waals surface area contributed by atoms with Crippen LogP contribution in [0, 0.1) is 12.7 Å². The lowest BCUT2D eigenvalue weighted by Crippen LogP contribution is -2.44. The largest absolute Gasteiger partial charge is 0.407 e. The van der Waals surface area contributed by atoms with E-state index in [0.29, 0.717) is 11.1 Å². The van der Waals surface area contributed by atoms with Crippen LogP contribution in [-0.4, -0.2) is 47.6 Å². The fourth-order valence-electron chi connectivity index (χ4n) is 4.28. The summed E-state index contributed by atoms with van der Waals surface area (Å²) in [4.78, 5) is 3.91. The van der Waals surface area contributed by atoms with Gasteiger partial charge in [0.25, 0.3) is 10.0 Å². The SMILES string of the molecule is Cc1cccc(C(N[C@H]2CN(S(=O)(=O)c3cn(C)cn3)C[C@@H]2c2ccc(F)cc2)C(F)(F)F)c1. The zero-order chi connectivity index (χ0) is 24.7. The number of nitrogens with zero attached hydrogens (tertiary/aromatic N) is 3. The molecule has 11 heteroatoms. The number of nitrogens with one attached hydrogen (secondary N) is 1. The van der Waals surface area contributed by atoms with Crippen molar-refractivity contribution >= 4 is 10.0 Å². The fraction of sp³-hybridized carbons (Fsp3) is 0.348. The predicted octanol–water partition coefficient (Wildman–Crippen LogP) is 3.92. The van der Waals surface area contributed by atoms with Crippen LogP contribution >= 0.6 is 0 Å². The summed E-state index contributed by atoms with van der Waals surface area (Å²) in [7, 11) is -2.41. The lowest BCUT2D eigenvalue weighted by atomic mass is 9.92. The van der Waals surface area contributed by atoms with Crippen molar-refractivity contribution in [1.82, 2.24) is 19.2 Å². The Bertz CT molecular complexity index is 1260. The van der Waals surface area contributed by atoms with Crippen LogP contribution in [-0.2, 0) is 17.1 Å². The summed E-state index contributed by atoms with van der Waals surface area (Å²) in [5.41, 5.74) is 1.26. The van der Waals surface area contributed by atoms with Crippen LogP contribution in [0.3, 0.4) is 0 Å². The zero-order valence-electron chi connectivity index (χ0n) is 18.5. The van der Waals surface area contributed by atoms with Crippen molar-refractivity contribution in [3.05, 3.63) is 83.6 Å². The monoisotopic (exact) mass is 496 g/mol. The van der Waals surface area contributed by atoms with E-state index < -0.39 is 40.0 Å². The minimum Gasteiger partial charge on any atom is -0.339 e. The average Bonchev–Trinajstić information content (AvgIpc) is 3.39. The Balaban J connectivity index is 1.70. The fourth-order valence-corrected chi connectivity index (χ4v) is 5.74. The summed E-state index contributed by atoms with van der Waals surface area (Å²) in [5.74, 6) is -1.12. The van der Waals surface area contributed by atoms with E-state index >= 15 is 0 Å². The van der Waals surface area contributed by atoms with E-state index in [1.54, 1.807) is 26.1 Å². The molecule has 1 aliphatic heterocycles. The van der Waals surface area contributed by atoms with Gasteiger partial charge < -0.3 is 4.57 Å². The smallest absolute Gasteiger partial charge is 0.339 e. The molecule has 0 radical (unpaired) electrons. The van der Waals surface area contributed by atoms with Crippen LogP contribution in [0.25, 0.3) is 0 Å². The number of hydrogen-bond donors (Lipinski definition) is 1. The minimum absolute atomic E-state index is 0.0383. The lowest BCUT2D eigenvalue weighted by molar-refractivity contribution is -0.159. The van der Waals surface area contributed by atoms with Crippen LogP contribution in [0.1, 0.15) is 28.7 Å². The van der Waals surface area contributed by atoms with Crippen molar-refractivity contribution in [2.45, 2.75) is 36.1 Å². The van der Waals surface area contributed by atoms with Crippen molar-refractivity contribution in [3.63, 3.8) is 0 Å². The second-order valence-electron chi connectivity index (χ2n) is 8.52. The maximum absolute atomic E-state index is 14.1. The molecule has 1 aliphatic rings. The third-order valence-corrected chi connectivity index (χ3v) is 7.67. The molecule has 0 aliphatic carbocycles. The van der Waals surface area contributed by atoms with Gasteiger partial charge in [-0.15, -0.1) is 0 Å². The highest BCUT2D eigenvalue weighted by molar-refractivity contribution is 7.89. The third kappa shape index (κ3) is 5.01. The van der Waals surface area contributed by atoms with Gasteiger partial charge in [-0.1, -0.05) is 42.0 Å². The average molecular weight is 497 g/mol. The molecule has 1 fully saturated rings. The van der Waals surface area contributed by atoms with E-state index in [4.69, 9.17) is 0 Å². The number of sulfonamides is 1. The van der Waals surface area contributed by atoms with Gasteiger partial charge in [0, 0.05) is 38.3 Å². The van der Waals surface area contributed by atoms with Crippen molar-refractivity contribution in [1.29, 1.82) is 0 Å². The summed E-state index contributed by atoms with van der Waals surface area (Å²) in [6, 6.07) is 8.59. The van der Waals surface area contributed by atoms with Gasteiger partial charge in [-0.3, -0.25) is 5.32 Å². The summed E-state index contributed by atoms with van der Waals surface area (Å²) >= 11 is 0. The molecule has 2 heterocycles. The summed E-state index contributed by atoms with van der Waals surface area (Å²) in [5, 5.41) is 2.49. The number of halogens is 4. The highest BCUT2D eigenvalue weighted by atomic mass is 32.2. The first-order valence-electron chi connectivity index (χ1n) is 10.6. The van der Waals surface area contributed by atoms with Gasteiger partial charge in [0.2, 0.25) is 0 Å². The third-order valence-electron chi connectivity index (χ3n) is 5.95. The molecule has 1 N–H and O–H groups in total. The molecule has 1 unspecified atom stereocenters. The number of rotatable bonds is 6. The Labute approximate surface area is 195 Å². The van der Waals surface area contributed by atoms with E-state index in [-0.39, 0.29) is 23.7 Å². The molecular formula is C23H24F4N4O2S. The van der Waals surface area contributed by atoms with Gasteiger partial charge in [-0.2, -0.15) is 17.5 Å². The highest BCUT2D eigenvalue weighted by Crippen LogP contribution is 2.38. The lowest BCUT2D eigenvalue weighted by Gasteiger charge is -2.29. The van der Waals surface area contributed by atoms with Crippen molar-refractivity contribution in [2.24, 2.45) is 7.05 Å². The molecule has 182 valence electrons. The van der Waals surface area contributed by atoms with Gasteiger partial charge in [-0.05, 0) is 30.2 Å². The second kappa shape index (κ2) is 9.12. The van der Waals surface area contributed by atoms with Gasteiger partial charge >= 0.3 is 6.18 Å². The van der Waals surface area contributed by atoms with Crippen LogP contribution < -0.4 is 5.32 Å². The molecule has 4 rings (SSSR count). The van der Waals surface area contributed by atoms with Crippen LogP contribution in [0.5, 0.6) is 0 Å². The van der Waals surface area contributed by atoms with Crippen molar-refractivity contribution in [2.75, 3.05) is 13.1 Å². The Morgan fingerprint density at radius 3 is 2.41 bits per heavy atom. The molecule has 2 aromatic carbocycles. The first-order valence-corrected chi connectivity index (χ1v) is 12.0. The number of benzene rings is 2.